The highest BCUT2D eigenvalue weighted by molar-refractivity contribution is 7.92. The molecule has 0 saturated heterocycles. The van der Waals surface area contributed by atoms with E-state index in [-0.39, 0.29) is 6.04 Å². The molecule has 0 aromatic heterocycles. The number of benzene rings is 1. The number of nitrogens with zero attached hydrogens (tertiary/aromatic N) is 2. The van der Waals surface area contributed by atoms with Gasteiger partial charge in [0.2, 0.25) is 10.0 Å². The van der Waals surface area contributed by atoms with E-state index >= 15 is 0 Å². The van der Waals surface area contributed by atoms with E-state index in [1.165, 1.54) is 7.11 Å². The van der Waals surface area contributed by atoms with Gasteiger partial charge in [-0.25, -0.2) is 8.42 Å². The predicted molar refractivity (Wildman–Crippen MR) is 84.4 cm³/mol. The first-order valence-electron chi connectivity index (χ1n) is 7.07. The van der Waals surface area contributed by atoms with Crippen LogP contribution in [0, 0.1) is 0 Å². The molecule has 1 unspecified atom stereocenters. The summed E-state index contributed by atoms with van der Waals surface area (Å²) in [4.78, 5) is 6.42. The number of fused-ring (bicyclic) bond motifs is 1. The van der Waals surface area contributed by atoms with Gasteiger partial charge in [-0.05, 0) is 12.1 Å². The molecular weight excluding hydrogens is 306 g/mol. The van der Waals surface area contributed by atoms with Crippen LogP contribution in [0.25, 0.3) is 0 Å². The quantitative estimate of drug-likeness (QED) is 0.901. The van der Waals surface area contributed by atoms with Crippen LogP contribution in [-0.2, 0) is 10.0 Å². The second kappa shape index (κ2) is 5.68. The molecule has 2 aliphatic heterocycles. The van der Waals surface area contributed by atoms with Gasteiger partial charge in [0, 0.05) is 18.5 Å². The molecule has 7 nitrogen and oxygen atoms in total. The van der Waals surface area contributed by atoms with Gasteiger partial charge in [-0.3, -0.25) is 9.71 Å². The topological polar surface area (TPSA) is 80.2 Å². The van der Waals surface area contributed by atoms with E-state index < -0.39 is 10.0 Å². The SMILES string of the molecule is COc1ccc2c(c1NS(C)(=O)=O)OCCC2N1C=NCC1. The Morgan fingerprint density at radius 3 is 2.91 bits per heavy atom. The predicted octanol–water partition coefficient (Wildman–Crippen LogP) is 1.23. The van der Waals surface area contributed by atoms with Crippen molar-refractivity contribution in [3.05, 3.63) is 17.7 Å². The maximum atomic E-state index is 11.6. The molecule has 0 spiro atoms. The van der Waals surface area contributed by atoms with Crippen LogP contribution in [0.2, 0.25) is 0 Å². The Hall–Kier alpha value is -1.96. The standard InChI is InChI=1S/C14H19N3O4S/c1-20-12-4-3-10-11(17-7-6-15-9-17)5-8-21-14(10)13(12)16-22(2,18)19/h3-4,9,11,16H,5-8H2,1-2H3. The van der Waals surface area contributed by atoms with Gasteiger partial charge in [-0.1, -0.05) is 0 Å². The summed E-state index contributed by atoms with van der Waals surface area (Å²) < 4.78 is 36.8. The second-order valence-corrected chi connectivity index (χ2v) is 7.10. The lowest BCUT2D eigenvalue weighted by atomic mass is 9.98. The molecule has 120 valence electrons. The van der Waals surface area contributed by atoms with Crippen molar-refractivity contribution < 1.29 is 17.9 Å². The fraction of sp³-hybridized carbons (Fsp3) is 0.500. The highest BCUT2D eigenvalue weighted by Gasteiger charge is 2.30. The maximum Gasteiger partial charge on any atom is 0.230 e. The summed E-state index contributed by atoms with van der Waals surface area (Å²) in [6.07, 6.45) is 3.80. The van der Waals surface area contributed by atoms with Crippen molar-refractivity contribution in [2.75, 3.05) is 37.8 Å². The van der Waals surface area contributed by atoms with E-state index in [1.807, 2.05) is 12.4 Å². The van der Waals surface area contributed by atoms with Crippen molar-refractivity contribution in [3.63, 3.8) is 0 Å². The molecule has 0 saturated carbocycles. The summed E-state index contributed by atoms with van der Waals surface area (Å²) >= 11 is 0. The molecular formula is C14H19N3O4S. The molecule has 22 heavy (non-hydrogen) atoms. The minimum Gasteiger partial charge on any atom is -0.494 e. The number of anilines is 1. The molecule has 3 rings (SSSR count). The van der Waals surface area contributed by atoms with Gasteiger partial charge in [0.25, 0.3) is 0 Å². The molecule has 2 heterocycles. The number of sulfonamides is 1. The van der Waals surface area contributed by atoms with Crippen LogP contribution in [0.15, 0.2) is 17.1 Å². The van der Waals surface area contributed by atoms with E-state index in [9.17, 15) is 8.42 Å². The number of hydrogen-bond donors (Lipinski definition) is 1. The van der Waals surface area contributed by atoms with E-state index in [2.05, 4.69) is 14.6 Å². The van der Waals surface area contributed by atoms with Gasteiger partial charge < -0.3 is 14.4 Å². The first kappa shape index (κ1) is 15.0. The first-order valence-corrected chi connectivity index (χ1v) is 8.96. The smallest absolute Gasteiger partial charge is 0.230 e. The van der Waals surface area contributed by atoms with E-state index in [1.54, 1.807) is 6.07 Å². The van der Waals surface area contributed by atoms with Gasteiger partial charge in [-0.15, -0.1) is 0 Å². The Kier molecular flexibility index (Phi) is 3.86. The Bertz CT molecular complexity index is 702. The Labute approximate surface area is 130 Å². The third-order valence-corrected chi connectivity index (χ3v) is 4.35. The first-order chi connectivity index (χ1) is 10.5. The van der Waals surface area contributed by atoms with E-state index in [0.717, 1.165) is 31.3 Å². The third kappa shape index (κ3) is 2.83. The van der Waals surface area contributed by atoms with Crippen LogP contribution in [0.3, 0.4) is 0 Å². The minimum absolute atomic E-state index is 0.140. The summed E-state index contributed by atoms with van der Waals surface area (Å²) in [5.74, 6) is 0.987. The molecule has 0 aliphatic carbocycles. The second-order valence-electron chi connectivity index (χ2n) is 5.35. The minimum atomic E-state index is -3.43. The lowest BCUT2D eigenvalue weighted by Crippen LogP contribution is -2.30. The molecule has 1 aromatic carbocycles. The van der Waals surface area contributed by atoms with Crippen LogP contribution in [0.1, 0.15) is 18.0 Å². The van der Waals surface area contributed by atoms with Crippen molar-refractivity contribution in [2.45, 2.75) is 12.5 Å². The zero-order valence-electron chi connectivity index (χ0n) is 12.6. The van der Waals surface area contributed by atoms with Gasteiger partial charge in [0.05, 0.1) is 38.9 Å². The van der Waals surface area contributed by atoms with Gasteiger partial charge in [-0.2, -0.15) is 0 Å². The largest absolute Gasteiger partial charge is 0.494 e. The Morgan fingerprint density at radius 2 is 2.27 bits per heavy atom. The number of ether oxygens (including phenoxy) is 2. The van der Waals surface area contributed by atoms with Crippen LogP contribution in [0.4, 0.5) is 5.69 Å². The van der Waals surface area contributed by atoms with Crippen molar-refractivity contribution in [1.29, 1.82) is 0 Å². The number of hydrogen-bond acceptors (Lipinski definition) is 6. The van der Waals surface area contributed by atoms with Crippen LogP contribution < -0.4 is 14.2 Å². The van der Waals surface area contributed by atoms with E-state index in [0.29, 0.717) is 23.8 Å². The average Bonchev–Trinajstić information content (AvgIpc) is 2.99. The number of nitrogens with one attached hydrogen (secondary N) is 1. The van der Waals surface area contributed by atoms with Crippen molar-refractivity contribution >= 4 is 22.0 Å². The van der Waals surface area contributed by atoms with Gasteiger partial charge in [0.15, 0.2) is 5.75 Å². The summed E-state index contributed by atoms with van der Waals surface area (Å²) in [7, 11) is -1.93. The van der Waals surface area contributed by atoms with Crippen molar-refractivity contribution in [3.8, 4) is 11.5 Å². The normalized spacial score (nSPS) is 20.5. The molecule has 0 fully saturated rings. The molecule has 1 atom stereocenters. The van der Waals surface area contributed by atoms with Crippen LogP contribution in [0.5, 0.6) is 11.5 Å². The molecule has 1 N–H and O–H groups in total. The average molecular weight is 325 g/mol. The van der Waals surface area contributed by atoms with Gasteiger partial charge >= 0.3 is 0 Å². The maximum absolute atomic E-state index is 11.6. The van der Waals surface area contributed by atoms with Gasteiger partial charge in [0.1, 0.15) is 11.4 Å². The fourth-order valence-electron chi connectivity index (χ4n) is 2.85. The molecule has 0 radical (unpaired) electrons. The molecule has 0 bridgehead atoms. The van der Waals surface area contributed by atoms with Crippen molar-refractivity contribution in [1.82, 2.24) is 4.90 Å². The lowest BCUT2D eigenvalue weighted by Gasteiger charge is -2.33. The summed E-state index contributed by atoms with van der Waals surface area (Å²) in [6.45, 7) is 2.18. The molecule has 2 aliphatic rings. The van der Waals surface area contributed by atoms with Crippen LogP contribution >= 0.6 is 0 Å². The molecule has 0 amide bonds. The number of rotatable bonds is 4. The lowest BCUT2D eigenvalue weighted by molar-refractivity contribution is 0.210. The van der Waals surface area contributed by atoms with Crippen molar-refractivity contribution in [2.24, 2.45) is 4.99 Å². The Balaban J connectivity index is 2.06. The fourth-order valence-corrected chi connectivity index (χ4v) is 3.42. The summed E-state index contributed by atoms with van der Waals surface area (Å²) in [6, 6.07) is 3.83. The highest BCUT2D eigenvalue weighted by atomic mass is 32.2. The summed E-state index contributed by atoms with van der Waals surface area (Å²) in [5.41, 5.74) is 1.31. The number of methoxy groups -OCH3 is 1. The third-order valence-electron chi connectivity index (χ3n) is 3.77. The number of aliphatic imine (C=N–C) groups is 1. The van der Waals surface area contributed by atoms with Crippen LogP contribution in [-0.4, -0.2) is 52.7 Å². The molecule has 1 aromatic rings. The zero-order chi connectivity index (χ0) is 15.7. The highest BCUT2D eigenvalue weighted by Crippen LogP contribution is 2.45. The monoisotopic (exact) mass is 325 g/mol. The Morgan fingerprint density at radius 1 is 1.45 bits per heavy atom. The zero-order valence-corrected chi connectivity index (χ0v) is 13.4. The van der Waals surface area contributed by atoms with E-state index in [4.69, 9.17) is 9.47 Å². The molecule has 8 heteroatoms. The summed E-state index contributed by atoms with van der Waals surface area (Å²) in [5, 5.41) is 0.